The van der Waals surface area contributed by atoms with Gasteiger partial charge in [-0.3, -0.25) is 4.79 Å². The maximum atomic E-state index is 12.4. The molecular formula is C20H22ClN3O2. The van der Waals surface area contributed by atoms with Crippen LogP contribution in [0.5, 0.6) is 0 Å². The lowest BCUT2D eigenvalue weighted by Gasteiger charge is -2.34. The van der Waals surface area contributed by atoms with E-state index in [-0.39, 0.29) is 11.9 Å². The first-order valence-corrected chi connectivity index (χ1v) is 9.13. The number of hydrogen-bond acceptors (Lipinski definition) is 2. The number of piperazine rings is 1. The Bertz CT molecular complexity index is 741. The van der Waals surface area contributed by atoms with E-state index >= 15 is 0 Å². The van der Waals surface area contributed by atoms with E-state index in [1.54, 1.807) is 29.2 Å². The standard InChI is InChI=1S/C20H22ClN3O2/c21-17-7-9-18(10-8-17)22-20(26)24-14-12-23(13-15-24)19(25)11-6-16-4-2-1-3-5-16/h1-5,7-10H,6,11-15H2,(H,22,26). The van der Waals surface area contributed by atoms with Gasteiger partial charge in [-0.2, -0.15) is 0 Å². The summed E-state index contributed by atoms with van der Waals surface area (Å²) in [6.45, 7) is 2.22. The van der Waals surface area contributed by atoms with Crippen molar-refractivity contribution in [1.29, 1.82) is 0 Å². The van der Waals surface area contributed by atoms with E-state index in [2.05, 4.69) is 5.32 Å². The zero-order chi connectivity index (χ0) is 18.4. The van der Waals surface area contributed by atoms with Crippen molar-refractivity contribution in [3.05, 3.63) is 65.2 Å². The first kappa shape index (κ1) is 18.3. The van der Waals surface area contributed by atoms with Gasteiger partial charge in [-0.1, -0.05) is 41.9 Å². The molecule has 0 atom stereocenters. The second-order valence-corrected chi connectivity index (χ2v) is 6.73. The highest BCUT2D eigenvalue weighted by Crippen LogP contribution is 2.15. The molecule has 2 aromatic carbocycles. The van der Waals surface area contributed by atoms with Crippen molar-refractivity contribution in [2.75, 3.05) is 31.5 Å². The van der Waals surface area contributed by atoms with Crippen LogP contribution in [0.2, 0.25) is 5.02 Å². The van der Waals surface area contributed by atoms with Crippen LogP contribution in [0.15, 0.2) is 54.6 Å². The number of benzene rings is 2. The third-order valence-electron chi connectivity index (χ3n) is 4.49. The molecule has 1 aliphatic heterocycles. The van der Waals surface area contributed by atoms with Gasteiger partial charge in [0.15, 0.2) is 0 Å². The zero-order valence-corrected chi connectivity index (χ0v) is 15.3. The largest absolute Gasteiger partial charge is 0.339 e. The molecule has 5 nitrogen and oxygen atoms in total. The highest BCUT2D eigenvalue weighted by Gasteiger charge is 2.23. The summed E-state index contributed by atoms with van der Waals surface area (Å²) in [7, 11) is 0. The average molecular weight is 372 g/mol. The Balaban J connectivity index is 1.43. The highest BCUT2D eigenvalue weighted by atomic mass is 35.5. The summed E-state index contributed by atoms with van der Waals surface area (Å²) in [6.07, 6.45) is 1.25. The van der Waals surface area contributed by atoms with Crippen LogP contribution in [0.25, 0.3) is 0 Å². The molecule has 0 bridgehead atoms. The van der Waals surface area contributed by atoms with Gasteiger partial charge >= 0.3 is 6.03 Å². The predicted molar refractivity (Wildman–Crippen MR) is 103 cm³/mol. The Morgan fingerprint density at radius 3 is 2.15 bits per heavy atom. The minimum atomic E-state index is -0.149. The minimum Gasteiger partial charge on any atom is -0.339 e. The zero-order valence-electron chi connectivity index (χ0n) is 14.5. The molecule has 1 saturated heterocycles. The lowest BCUT2D eigenvalue weighted by atomic mass is 10.1. The van der Waals surface area contributed by atoms with Crippen molar-refractivity contribution in [2.24, 2.45) is 0 Å². The molecule has 1 aliphatic rings. The van der Waals surface area contributed by atoms with E-state index in [9.17, 15) is 9.59 Å². The number of aryl methyl sites for hydroxylation is 1. The second kappa shape index (κ2) is 8.72. The number of rotatable bonds is 4. The number of anilines is 1. The lowest BCUT2D eigenvalue weighted by molar-refractivity contribution is -0.132. The van der Waals surface area contributed by atoms with Crippen LogP contribution in [0.4, 0.5) is 10.5 Å². The Kier molecular flexibility index (Phi) is 6.12. The monoisotopic (exact) mass is 371 g/mol. The molecule has 0 spiro atoms. The maximum Gasteiger partial charge on any atom is 0.321 e. The number of urea groups is 1. The van der Waals surface area contributed by atoms with Crippen LogP contribution in [0.1, 0.15) is 12.0 Å². The van der Waals surface area contributed by atoms with Crippen molar-refractivity contribution in [3.8, 4) is 0 Å². The highest BCUT2D eigenvalue weighted by molar-refractivity contribution is 6.30. The van der Waals surface area contributed by atoms with Gasteiger partial charge in [-0.25, -0.2) is 4.79 Å². The number of hydrogen-bond donors (Lipinski definition) is 1. The number of carbonyl (C=O) groups excluding carboxylic acids is 2. The van der Waals surface area contributed by atoms with E-state index in [0.29, 0.717) is 43.3 Å². The van der Waals surface area contributed by atoms with Crippen molar-refractivity contribution in [1.82, 2.24) is 9.80 Å². The molecule has 0 saturated carbocycles. The van der Waals surface area contributed by atoms with Gasteiger partial charge in [-0.15, -0.1) is 0 Å². The van der Waals surface area contributed by atoms with Gasteiger partial charge in [-0.05, 0) is 36.2 Å². The number of amides is 3. The van der Waals surface area contributed by atoms with Crippen molar-refractivity contribution in [3.63, 3.8) is 0 Å². The summed E-state index contributed by atoms with van der Waals surface area (Å²) in [5.74, 6) is 0.145. The molecule has 0 radical (unpaired) electrons. The Labute approximate surface area is 158 Å². The molecule has 3 rings (SSSR count). The minimum absolute atomic E-state index is 0.145. The number of nitrogens with one attached hydrogen (secondary N) is 1. The van der Waals surface area contributed by atoms with Crippen molar-refractivity contribution >= 4 is 29.2 Å². The van der Waals surface area contributed by atoms with Gasteiger partial charge in [0.25, 0.3) is 0 Å². The van der Waals surface area contributed by atoms with Crippen LogP contribution in [-0.2, 0) is 11.2 Å². The van der Waals surface area contributed by atoms with E-state index < -0.39 is 0 Å². The summed E-state index contributed by atoms with van der Waals surface area (Å²) < 4.78 is 0. The van der Waals surface area contributed by atoms with Gasteiger partial charge in [0.1, 0.15) is 0 Å². The third kappa shape index (κ3) is 4.99. The predicted octanol–water partition coefficient (Wildman–Crippen LogP) is 3.65. The smallest absolute Gasteiger partial charge is 0.321 e. The summed E-state index contributed by atoms with van der Waals surface area (Å²) in [4.78, 5) is 28.3. The van der Waals surface area contributed by atoms with E-state index in [4.69, 9.17) is 11.6 Å². The number of nitrogens with zero attached hydrogens (tertiary/aromatic N) is 2. The molecule has 2 aromatic rings. The second-order valence-electron chi connectivity index (χ2n) is 6.29. The van der Waals surface area contributed by atoms with E-state index in [0.717, 1.165) is 6.42 Å². The van der Waals surface area contributed by atoms with Gasteiger partial charge in [0, 0.05) is 43.3 Å². The van der Waals surface area contributed by atoms with Crippen LogP contribution in [-0.4, -0.2) is 47.9 Å². The fourth-order valence-corrected chi connectivity index (χ4v) is 3.07. The fraction of sp³-hybridized carbons (Fsp3) is 0.300. The van der Waals surface area contributed by atoms with Crippen molar-refractivity contribution in [2.45, 2.75) is 12.8 Å². The maximum absolute atomic E-state index is 12.4. The third-order valence-corrected chi connectivity index (χ3v) is 4.74. The van der Waals surface area contributed by atoms with Crippen molar-refractivity contribution < 1.29 is 9.59 Å². The molecule has 26 heavy (non-hydrogen) atoms. The Morgan fingerprint density at radius 1 is 0.885 bits per heavy atom. The topological polar surface area (TPSA) is 52.7 Å². The molecule has 136 valence electrons. The molecule has 1 heterocycles. The summed E-state index contributed by atoms with van der Waals surface area (Å²) in [5, 5.41) is 3.48. The summed E-state index contributed by atoms with van der Waals surface area (Å²) in [5.41, 5.74) is 1.88. The van der Waals surface area contributed by atoms with Crippen LogP contribution >= 0.6 is 11.6 Å². The van der Waals surface area contributed by atoms with Crippen LogP contribution in [0.3, 0.4) is 0 Å². The normalized spacial score (nSPS) is 14.2. The first-order valence-electron chi connectivity index (χ1n) is 8.75. The Morgan fingerprint density at radius 2 is 1.50 bits per heavy atom. The molecule has 0 aromatic heterocycles. The number of halogens is 1. The average Bonchev–Trinajstić information content (AvgIpc) is 2.69. The molecule has 3 amide bonds. The summed E-state index contributed by atoms with van der Waals surface area (Å²) in [6, 6.07) is 16.9. The first-order chi connectivity index (χ1) is 12.6. The number of carbonyl (C=O) groups is 2. The molecule has 1 fully saturated rings. The van der Waals surface area contributed by atoms with Gasteiger partial charge in [0.05, 0.1) is 0 Å². The molecule has 0 unspecified atom stereocenters. The summed E-state index contributed by atoms with van der Waals surface area (Å²) >= 11 is 5.85. The molecular weight excluding hydrogens is 350 g/mol. The van der Waals surface area contributed by atoms with E-state index in [1.165, 1.54) is 5.56 Å². The van der Waals surface area contributed by atoms with Crippen LogP contribution < -0.4 is 5.32 Å². The lowest BCUT2D eigenvalue weighted by Crippen LogP contribution is -2.51. The molecule has 1 N–H and O–H groups in total. The fourth-order valence-electron chi connectivity index (χ4n) is 2.95. The van der Waals surface area contributed by atoms with E-state index in [1.807, 2.05) is 35.2 Å². The SMILES string of the molecule is O=C(CCc1ccccc1)N1CCN(C(=O)Nc2ccc(Cl)cc2)CC1. The molecule has 6 heteroatoms. The molecule has 0 aliphatic carbocycles. The van der Waals surface area contributed by atoms with Crippen LogP contribution in [0, 0.1) is 0 Å². The van der Waals surface area contributed by atoms with Gasteiger partial charge < -0.3 is 15.1 Å². The Hall–Kier alpha value is -2.53. The quantitative estimate of drug-likeness (QED) is 0.891. The van der Waals surface area contributed by atoms with Gasteiger partial charge in [0.2, 0.25) is 5.91 Å².